The number of nitrogens with one attached hydrogen (secondary N) is 1. The van der Waals surface area contributed by atoms with Gasteiger partial charge in [-0.15, -0.1) is 0 Å². The summed E-state index contributed by atoms with van der Waals surface area (Å²) >= 11 is 0. The minimum absolute atomic E-state index is 0.272. The van der Waals surface area contributed by atoms with Gasteiger partial charge in [0.2, 0.25) is 0 Å². The third kappa shape index (κ3) is 2.09. The van der Waals surface area contributed by atoms with Crippen molar-refractivity contribution in [3.8, 4) is 0 Å². The molecule has 0 spiro atoms. The van der Waals surface area contributed by atoms with Crippen LogP contribution in [0.5, 0.6) is 0 Å². The van der Waals surface area contributed by atoms with E-state index in [-0.39, 0.29) is 6.10 Å². The van der Waals surface area contributed by atoms with Gasteiger partial charge in [0.15, 0.2) is 0 Å². The summed E-state index contributed by atoms with van der Waals surface area (Å²) in [6.45, 7) is 7.97. The molecule has 1 N–H and O–H groups in total. The summed E-state index contributed by atoms with van der Waals surface area (Å²) in [6.07, 6.45) is 1.34. The quantitative estimate of drug-likeness (QED) is 0.889. The smallest absolute Gasteiger partial charge is 0.0954 e. The zero-order valence-corrected chi connectivity index (χ0v) is 12.2. The molecule has 2 saturated heterocycles. The highest BCUT2D eigenvalue weighted by atomic mass is 16.5. The minimum atomic E-state index is 0.272. The first-order valence-corrected chi connectivity index (χ1v) is 7.97. The number of rotatable bonds is 2. The predicted octanol–water partition coefficient (Wildman–Crippen LogP) is 1.84. The van der Waals surface area contributed by atoms with Gasteiger partial charge in [-0.2, -0.15) is 0 Å². The summed E-state index contributed by atoms with van der Waals surface area (Å²) in [7, 11) is 0. The molecule has 3 heterocycles. The third-order valence-corrected chi connectivity index (χ3v) is 5.55. The SMILES string of the molecule is CC1C2CNCC2CN1CC1OCCc2ccccc21. The second-order valence-corrected chi connectivity index (χ2v) is 6.58. The Balaban J connectivity index is 1.50. The Labute approximate surface area is 121 Å². The molecule has 4 unspecified atom stereocenters. The van der Waals surface area contributed by atoms with Crippen LogP contribution >= 0.6 is 0 Å². The van der Waals surface area contributed by atoms with Crippen LogP contribution in [0.25, 0.3) is 0 Å². The minimum Gasteiger partial charge on any atom is -0.372 e. The summed E-state index contributed by atoms with van der Waals surface area (Å²) in [6, 6.07) is 9.49. The van der Waals surface area contributed by atoms with Crippen molar-refractivity contribution >= 4 is 0 Å². The van der Waals surface area contributed by atoms with Gasteiger partial charge < -0.3 is 10.1 Å². The molecule has 0 amide bonds. The van der Waals surface area contributed by atoms with Crippen molar-refractivity contribution < 1.29 is 4.74 Å². The van der Waals surface area contributed by atoms with Crippen LogP contribution in [0.1, 0.15) is 24.2 Å². The number of hydrogen-bond donors (Lipinski definition) is 1. The van der Waals surface area contributed by atoms with Crippen LogP contribution in [0.15, 0.2) is 24.3 Å². The van der Waals surface area contributed by atoms with Crippen LogP contribution in [0.2, 0.25) is 0 Å². The molecule has 4 atom stereocenters. The molecule has 3 aliphatic heterocycles. The molecule has 0 radical (unpaired) electrons. The monoisotopic (exact) mass is 272 g/mol. The van der Waals surface area contributed by atoms with Gasteiger partial charge in [-0.3, -0.25) is 4.90 Å². The molecule has 108 valence electrons. The molecule has 1 aromatic rings. The Hall–Kier alpha value is -0.900. The van der Waals surface area contributed by atoms with Crippen molar-refractivity contribution in [2.75, 3.05) is 32.8 Å². The Morgan fingerprint density at radius 2 is 2.20 bits per heavy atom. The maximum atomic E-state index is 6.08. The van der Waals surface area contributed by atoms with Crippen LogP contribution in [0, 0.1) is 11.8 Å². The highest BCUT2D eigenvalue weighted by Crippen LogP contribution is 2.35. The zero-order valence-electron chi connectivity index (χ0n) is 12.2. The van der Waals surface area contributed by atoms with Crippen molar-refractivity contribution in [1.82, 2.24) is 10.2 Å². The predicted molar refractivity (Wildman–Crippen MR) is 79.7 cm³/mol. The third-order valence-electron chi connectivity index (χ3n) is 5.55. The Morgan fingerprint density at radius 3 is 3.10 bits per heavy atom. The fourth-order valence-electron chi connectivity index (χ4n) is 4.34. The molecule has 1 aromatic carbocycles. The van der Waals surface area contributed by atoms with Crippen molar-refractivity contribution in [2.45, 2.75) is 25.5 Å². The first-order valence-electron chi connectivity index (χ1n) is 7.97. The largest absolute Gasteiger partial charge is 0.372 e. The van der Waals surface area contributed by atoms with Crippen molar-refractivity contribution in [2.24, 2.45) is 11.8 Å². The lowest BCUT2D eigenvalue weighted by Crippen LogP contribution is -2.37. The van der Waals surface area contributed by atoms with E-state index in [1.54, 1.807) is 0 Å². The van der Waals surface area contributed by atoms with E-state index >= 15 is 0 Å². The highest BCUT2D eigenvalue weighted by molar-refractivity contribution is 5.31. The number of ether oxygens (including phenoxy) is 1. The molecule has 20 heavy (non-hydrogen) atoms. The number of fused-ring (bicyclic) bond motifs is 2. The number of benzene rings is 1. The first-order chi connectivity index (χ1) is 9.83. The summed E-state index contributed by atoms with van der Waals surface area (Å²) in [5, 5.41) is 3.54. The molecule has 2 fully saturated rings. The summed E-state index contributed by atoms with van der Waals surface area (Å²) in [5.41, 5.74) is 2.90. The fourth-order valence-corrected chi connectivity index (χ4v) is 4.34. The Bertz CT molecular complexity index is 490. The highest BCUT2D eigenvalue weighted by Gasteiger charge is 2.42. The van der Waals surface area contributed by atoms with Gasteiger partial charge in [0.1, 0.15) is 0 Å². The molecule has 0 saturated carbocycles. The molecular weight excluding hydrogens is 248 g/mol. The van der Waals surface area contributed by atoms with Gasteiger partial charge in [-0.1, -0.05) is 24.3 Å². The number of likely N-dealkylation sites (tertiary alicyclic amines) is 1. The van der Waals surface area contributed by atoms with E-state index in [1.165, 1.54) is 30.8 Å². The van der Waals surface area contributed by atoms with Gasteiger partial charge >= 0.3 is 0 Å². The standard InChI is InChI=1S/C17H24N2O/c1-12-16-9-18-8-14(16)10-19(12)11-17-15-5-3-2-4-13(15)6-7-20-17/h2-5,12,14,16-18H,6-11H2,1H3. The Kier molecular flexibility index (Phi) is 3.29. The summed E-state index contributed by atoms with van der Waals surface area (Å²) < 4.78 is 6.08. The maximum Gasteiger partial charge on any atom is 0.0954 e. The zero-order chi connectivity index (χ0) is 13.5. The second-order valence-electron chi connectivity index (χ2n) is 6.58. The average Bonchev–Trinajstić information content (AvgIpc) is 3.04. The van der Waals surface area contributed by atoms with Gasteiger partial charge in [-0.05, 0) is 49.4 Å². The molecule has 3 heteroatoms. The van der Waals surface area contributed by atoms with Crippen LogP contribution in [0.4, 0.5) is 0 Å². The van der Waals surface area contributed by atoms with E-state index in [2.05, 4.69) is 41.4 Å². The van der Waals surface area contributed by atoms with E-state index < -0.39 is 0 Å². The maximum absolute atomic E-state index is 6.08. The van der Waals surface area contributed by atoms with E-state index in [0.29, 0.717) is 6.04 Å². The summed E-state index contributed by atoms with van der Waals surface area (Å²) in [4.78, 5) is 2.66. The van der Waals surface area contributed by atoms with Gasteiger partial charge in [-0.25, -0.2) is 0 Å². The van der Waals surface area contributed by atoms with E-state index in [0.717, 1.165) is 31.4 Å². The van der Waals surface area contributed by atoms with E-state index in [4.69, 9.17) is 4.74 Å². The van der Waals surface area contributed by atoms with Gasteiger partial charge in [0.25, 0.3) is 0 Å². The van der Waals surface area contributed by atoms with Gasteiger partial charge in [0, 0.05) is 19.1 Å². The van der Waals surface area contributed by atoms with Gasteiger partial charge in [0.05, 0.1) is 12.7 Å². The topological polar surface area (TPSA) is 24.5 Å². The Morgan fingerprint density at radius 1 is 1.30 bits per heavy atom. The molecule has 0 aromatic heterocycles. The normalized spacial score (nSPS) is 36.9. The lowest BCUT2D eigenvalue weighted by molar-refractivity contribution is 0.0123. The molecule has 4 rings (SSSR count). The number of hydrogen-bond acceptors (Lipinski definition) is 3. The van der Waals surface area contributed by atoms with Crippen molar-refractivity contribution in [3.63, 3.8) is 0 Å². The first kappa shape index (κ1) is 12.8. The van der Waals surface area contributed by atoms with Crippen LogP contribution < -0.4 is 5.32 Å². The lowest BCUT2D eigenvalue weighted by atomic mass is 9.95. The van der Waals surface area contributed by atoms with Crippen LogP contribution in [-0.2, 0) is 11.2 Å². The van der Waals surface area contributed by atoms with Crippen molar-refractivity contribution in [3.05, 3.63) is 35.4 Å². The van der Waals surface area contributed by atoms with E-state index in [1.807, 2.05) is 0 Å². The molecular formula is C17H24N2O. The molecule has 3 aliphatic rings. The molecule has 0 bridgehead atoms. The van der Waals surface area contributed by atoms with E-state index in [9.17, 15) is 0 Å². The van der Waals surface area contributed by atoms with Crippen LogP contribution in [0.3, 0.4) is 0 Å². The molecule has 3 nitrogen and oxygen atoms in total. The number of nitrogens with zero attached hydrogens (tertiary/aromatic N) is 1. The lowest BCUT2D eigenvalue weighted by Gasteiger charge is -2.32. The van der Waals surface area contributed by atoms with Crippen LogP contribution in [-0.4, -0.2) is 43.7 Å². The second kappa shape index (κ2) is 5.14. The summed E-state index contributed by atoms with van der Waals surface area (Å²) in [5.74, 6) is 1.69. The molecule has 0 aliphatic carbocycles. The average molecular weight is 272 g/mol. The fraction of sp³-hybridized carbons (Fsp3) is 0.647. The van der Waals surface area contributed by atoms with Crippen molar-refractivity contribution in [1.29, 1.82) is 0 Å².